The Labute approximate surface area is 144 Å². The van der Waals surface area contributed by atoms with Crippen LogP contribution in [-0.2, 0) is 19.1 Å². The van der Waals surface area contributed by atoms with Gasteiger partial charge in [-0.25, -0.2) is 0 Å². The van der Waals surface area contributed by atoms with Crippen LogP contribution in [0, 0.1) is 0 Å². The van der Waals surface area contributed by atoms with E-state index < -0.39 is 11.5 Å². The van der Waals surface area contributed by atoms with Crippen LogP contribution in [0.3, 0.4) is 0 Å². The lowest BCUT2D eigenvalue weighted by Gasteiger charge is -2.30. The van der Waals surface area contributed by atoms with Crippen LogP contribution in [0.25, 0.3) is 0 Å². The minimum atomic E-state index is -0.667. The van der Waals surface area contributed by atoms with Crippen molar-refractivity contribution in [3.05, 3.63) is 35.9 Å². The van der Waals surface area contributed by atoms with Gasteiger partial charge in [0.15, 0.2) is 5.78 Å². The average Bonchev–Trinajstić information content (AvgIpc) is 2.57. The molecule has 7 nitrogen and oxygen atoms in total. The molecule has 0 radical (unpaired) electrons. The SMILES string of the molecule is COC1CC(=O)NC(SCC(=O)NC(C(C)=O)c2ccccc2)N1. The molecule has 0 aliphatic carbocycles. The first kappa shape index (κ1) is 18.4. The van der Waals surface area contributed by atoms with Crippen LogP contribution in [0.5, 0.6) is 0 Å². The quantitative estimate of drug-likeness (QED) is 0.663. The fraction of sp³-hybridized carbons (Fsp3) is 0.438. The van der Waals surface area contributed by atoms with Crippen molar-refractivity contribution in [2.75, 3.05) is 12.9 Å². The molecule has 0 saturated carbocycles. The molecule has 0 bridgehead atoms. The smallest absolute Gasteiger partial charge is 0.230 e. The van der Waals surface area contributed by atoms with Gasteiger partial charge in [-0.2, -0.15) is 0 Å². The Balaban J connectivity index is 1.87. The summed E-state index contributed by atoms with van der Waals surface area (Å²) in [5, 5.41) is 8.52. The topological polar surface area (TPSA) is 96.5 Å². The molecule has 3 N–H and O–H groups in total. The van der Waals surface area contributed by atoms with E-state index in [0.29, 0.717) is 0 Å². The Morgan fingerprint density at radius 2 is 2.08 bits per heavy atom. The maximum atomic E-state index is 12.2. The summed E-state index contributed by atoms with van der Waals surface area (Å²) < 4.78 is 5.12. The third kappa shape index (κ3) is 5.33. The molecule has 0 aromatic heterocycles. The molecule has 1 fully saturated rings. The zero-order valence-corrected chi connectivity index (χ0v) is 14.4. The lowest BCUT2D eigenvalue weighted by molar-refractivity contribution is -0.127. The van der Waals surface area contributed by atoms with Gasteiger partial charge in [-0.15, -0.1) is 11.8 Å². The van der Waals surface area contributed by atoms with E-state index in [0.717, 1.165) is 5.56 Å². The normalized spacial score (nSPS) is 21.7. The van der Waals surface area contributed by atoms with Gasteiger partial charge in [0.05, 0.1) is 12.2 Å². The molecule has 1 aromatic rings. The number of hydrogen-bond acceptors (Lipinski definition) is 6. The van der Waals surface area contributed by atoms with Gasteiger partial charge >= 0.3 is 0 Å². The van der Waals surface area contributed by atoms with Crippen molar-refractivity contribution in [1.29, 1.82) is 0 Å². The van der Waals surface area contributed by atoms with Gasteiger partial charge in [0, 0.05) is 7.11 Å². The molecule has 1 saturated heterocycles. The van der Waals surface area contributed by atoms with Gasteiger partial charge in [0.25, 0.3) is 0 Å². The maximum absolute atomic E-state index is 12.2. The number of carbonyl (C=O) groups excluding carboxylic acids is 3. The molecule has 2 rings (SSSR count). The number of nitrogens with one attached hydrogen (secondary N) is 3. The number of methoxy groups -OCH3 is 1. The van der Waals surface area contributed by atoms with Crippen LogP contribution in [-0.4, -0.2) is 42.2 Å². The highest BCUT2D eigenvalue weighted by Crippen LogP contribution is 2.16. The number of rotatable bonds is 7. The monoisotopic (exact) mass is 351 g/mol. The second-order valence-electron chi connectivity index (χ2n) is 5.38. The zero-order chi connectivity index (χ0) is 17.5. The van der Waals surface area contributed by atoms with Crippen LogP contribution in [0.1, 0.15) is 24.9 Å². The van der Waals surface area contributed by atoms with Crippen molar-refractivity contribution >= 4 is 29.4 Å². The number of amides is 2. The Bertz CT molecular complexity index is 596. The molecule has 3 unspecified atom stereocenters. The fourth-order valence-corrected chi connectivity index (χ4v) is 3.18. The average molecular weight is 351 g/mol. The third-order valence-corrected chi connectivity index (χ3v) is 4.53. The summed E-state index contributed by atoms with van der Waals surface area (Å²) in [5.41, 5.74) is 0.335. The van der Waals surface area contributed by atoms with Crippen LogP contribution in [0.2, 0.25) is 0 Å². The number of Topliss-reactive ketones (excluding diaryl/α,β-unsaturated/α-hetero) is 1. The zero-order valence-electron chi connectivity index (χ0n) is 13.6. The minimum Gasteiger partial charge on any atom is -0.366 e. The Hall–Kier alpha value is -1.90. The molecule has 2 amide bonds. The van der Waals surface area contributed by atoms with E-state index in [4.69, 9.17) is 4.74 Å². The van der Waals surface area contributed by atoms with Gasteiger partial charge in [0.1, 0.15) is 17.8 Å². The summed E-state index contributed by atoms with van der Waals surface area (Å²) >= 11 is 1.23. The number of ether oxygens (including phenoxy) is 1. The number of ketones is 1. The van der Waals surface area contributed by atoms with Gasteiger partial charge in [-0.05, 0) is 12.5 Å². The number of thioether (sulfide) groups is 1. The number of carbonyl (C=O) groups is 3. The summed E-state index contributed by atoms with van der Waals surface area (Å²) in [5.74, 6) is -0.447. The van der Waals surface area contributed by atoms with E-state index in [1.807, 2.05) is 18.2 Å². The lowest BCUT2D eigenvalue weighted by atomic mass is 10.0. The Morgan fingerprint density at radius 3 is 2.71 bits per heavy atom. The number of benzene rings is 1. The van der Waals surface area contributed by atoms with Crippen LogP contribution < -0.4 is 16.0 Å². The van der Waals surface area contributed by atoms with Crippen LogP contribution in [0.4, 0.5) is 0 Å². The second kappa shape index (κ2) is 8.81. The van der Waals surface area contributed by atoms with Gasteiger partial charge in [-0.1, -0.05) is 30.3 Å². The van der Waals surface area contributed by atoms with Crippen molar-refractivity contribution in [2.24, 2.45) is 0 Å². The van der Waals surface area contributed by atoms with Crippen molar-refractivity contribution in [1.82, 2.24) is 16.0 Å². The van der Waals surface area contributed by atoms with Gasteiger partial charge in [-0.3, -0.25) is 19.7 Å². The highest BCUT2D eigenvalue weighted by molar-refractivity contribution is 8.00. The maximum Gasteiger partial charge on any atom is 0.230 e. The lowest BCUT2D eigenvalue weighted by Crippen LogP contribution is -2.55. The number of hydrogen-bond donors (Lipinski definition) is 3. The fourth-order valence-electron chi connectivity index (χ4n) is 2.31. The summed E-state index contributed by atoms with van der Waals surface area (Å²) in [4.78, 5) is 35.5. The van der Waals surface area contributed by atoms with E-state index in [2.05, 4.69) is 16.0 Å². The molecule has 24 heavy (non-hydrogen) atoms. The van der Waals surface area contributed by atoms with Crippen molar-refractivity contribution in [3.8, 4) is 0 Å². The first-order valence-electron chi connectivity index (χ1n) is 7.54. The summed E-state index contributed by atoms with van der Waals surface area (Å²) in [6.45, 7) is 1.44. The standard InChI is InChI=1S/C16H21N3O4S/c1-10(20)15(11-6-4-3-5-7-11)17-13(22)9-24-16-18-12(21)8-14(19-16)23-2/h3-7,14-16,19H,8-9H2,1-2H3,(H,17,22)(H,18,21). The second-order valence-corrected chi connectivity index (χ2v) is 6.47. The molecule has 1 aliphatic heterocycles. The van der Waals surface area contributed by atoms with E-state index in [1.165, 1.54) is 25.8 Å². The highest BCUT2D eigenvalue weighted by atomic mass is 32.2. The van der Waals surface area contributed by atoms with Crippen molar-refractivity contribution < 1.29 is 19.1 Å². The first-order chi connectivity index (χ1) is 11.5. The molecular weight excluding hydrogens is 330 g/mol. The Kier molecular flexibility index (Phi) is 6.77. The van der Waals surface area contributed by atoms with E-state index in [9.17, 15) is 14.4 Å². The van der Waals surface area contributed by atoms with Crippen LogP contribution in [0.15, 0.2) is 30.3 Å². The molecule has 0 spiro atoms. The summed E-state index contributed by atoms with van der Waals surface area (Å²) in [6, 6.07) is 8.41. The van der Waals surface area contributed by atoms with E-state index in [-0.39, 0.29) is 36.0 Å². The molecular formula is C16H21N3O4S. The van der Waals surface area contributed by atoms with Crippen molar-refractivity contribution in [2.45, 2.75) is 31.1 Å². The first-order valence-corrected chi connectivity index (χ1v) is 8.59. The minimum absolute atomic E-state index is 0.102. The third-order valence-electron chi connectivity index (χ3n) is 3.51. The van der Waals surface area contributed by atoms with Crippen LogP contribution >= 0.6 is 11.8 Å². The summed E-state index contributed by atoms with van der Waals surface area (Å²) in [6.07, 6.45) is -0.131. The van der Waals surface area contributed by atoms with E-state index >= 15 is 0 Å². The Morgan fingerprint density at radius 1 is 1.38 bits per heavy atom. The molecule has 1 aliphatic rings. The predicted octanol–water partition coefficient (Wildman–Crippen LogP) is 0.532. The largest absolute Gasteiger partial charge is 0.366 e. The van der Waals surface area contributed by atoms with Gasteiger partial charge in [0.2, 0.25) is 11.8 Å². The molecule has 8 heteroatoms. The predicted molar refractivity (Wildman–Crippen MR) is 90.9 cm³/mol. The molecule has 3 atom stereocenters. The van der Waals surface area contributed by atoms with Gasteiger partial charge < -0.3 is 15.4 Å². The summed E-state index contributed by atoms with van der Waals surface area (Å²) in [7, 11) is 1.52. The highest BCUT2D eigenvalue weighted by Gasteiger charge is 2.26. The van der Waals surface area contributed by atoms with Crippen molar-refractivity contribution in [3.63, 3.8) is 0 Å². The molecule has 1 heterocycles. The molecule has 1 aromatic carbocycles. The van der Waals surface area contributed by atoms with E-state index in [1.54, 1.807) is 12.1 Å². The molecule has 130 valence electrons.